The van der Waals surface area contributed by atoms with Crippen molar-refractivity contribution in [3.63, 3.8) is 0 Å². The van der Waals surface area contributed by atoms with Crippen molar-refractivity contribution in [2.24, 2.45) is 10.8 Å². The number of halogens is 1. The van der Waals surface area contributed by atoms with Crippen molar-refractivity contribution in [3.8, 4) is 0 Å². The predicted molar refractivity (Wildman–Crippen MR) is 114 cm³/mol. The van der Waals surface area contributed by atoms with Crippen LogP contribution in [0.1, 0.15) is 64.9 Å². The Kier molecular flexibility index (Phi) is 5.78. The van der Waals surface area contributed by atoms with E-state index >= 15 is 0 Å². The monoisotopic (exact) mass is 446 g/mol. The molecule has 31 heavy (non-hydrogen) atoms. The average molecular weight is 447 g/mol. The van der Waals surface area contributed by atoms with Gasteiger partial charge in [-0.15, -0.1) is 5.76 Å². The Bertz CT molecular complexity index is 998. The summed E-state index contributed by atoms with van der Waals surface area (Å²) in [6.45, 7) is 7.28. The fourth-order valence-electron chi connectivity index (χ4n) is 4.55. The summed E-state index contributed by atoms with van der Waals surface area (Å²) >= 11 is 6.36. The molecule has 3 rings (SSSR count). The SMILES string of the molecule is CC1(C)CC(=O)C(C(C2=C(O)CC(C)(C)CC2=O)c2cc([N+](=O)[O-])ccc2Cl)=C([O-])C1. The molecule has 0 bridgehead atoms. The van der Waals surface area contributed by atoms with Gasteiger partial charge < -0.3 is 10.2 Å². The van der Waals surface area contributed by atoms with Crippen LogP contribution in [0.3, 0.4) is 0 Å². The van der Waals surface area contributed by atoms with Gasteiger partial charge in [0.15, 0.2) is 11.6 Å². The van der Waals surface area contributed by atoms with Crippen LogP contribution in [-0.2, 0) is 9.59 Å². The van der Waals surface area contributed by atoms with Crippen molar-refractivity contribution in [1.29, 1.82) is 0 Å². The zero-order valence-electron chi connectivity index (χ0n) is 18.0. The number of benzene rings is 1. The summed E-state index contributed by atoms with van der Waals surface area (Å²) in [5, 5.41) is 35.4. The second-order valence-corrected chi connectivity index (χ2v) is 10.4. The molecule has 0 saturated carbocycles. The highest BCUT2D eigenvalue weighted by Gasteiger charge is 2.42. The lowest BCUT2D eigenvalue weighted by Crippen LogP contribution is -2.36. The van der Waals surface area contributed by atoms with E-state index in [4.69, 9.17) is 11.6 Å². The second kappa shape index (κ2) is 7.79. The third-order valence-electron chi connectivity index (χ3n) is 5.85. The van der Waals surface area contributed by atoms with Crippen LogP contribution in [0.2, 0.25) is 5.02 Å². The van der Waals surface area contributed by atoms with Crippen LogP contribution in [-0.4, -0.2) is 21.6 Å². The fraction of sp³-hybridized carbons (Fsp3) is 0.478. The number of rotatable bonds is 4. The lowest BCUT2D eigenvalue weighted by molar-refractivity contribution is -0.384. The first-order valence-corrected chi connectivity index (χ1v) is 10.4. The number of aliphatic hydroxyl groups excluding tert-OH is 1. The van der Waals surface area contributed by atoms with E-state index in [1.807, 2.05) is 13.8 Å². The molecule has 2 aliphatic carbocycles. The van der Waals surface area contributed by atoms with Crippen LogP contribution in [0.5, 0.6) is 0 Å². The third kappa shape index (κ3) is 4.51. The number of allylic oxidation sites excluding steroid dienone is 4. The topological polar surface area (TPSA) is 121 Å². The molecule has 0 radical (unpaired) electrons. The van der Waals surface area contributed by atoms with Crippen LogP contribution >= 0.6 is 11.6 Å². The minimum absolute atomic E-state index is 0.0712. The third-order valence-corrected chi connectivity index (χ3v) is 6.20. The van der Waals surface area contributed by atoms with Crippen molar-refractivity contribution >= 4 is 28.9 Å². The van der Waals surface area contributed by atoms with Gasteiger partial charge in [0.25, 0.3) is 5.69 Å². The summed E-state index contributed by atoms with van der Waals surface area (Å²) < 4.78 is 0. The van der Waals surface area contributed by atoms with Gasteiger partial charge in [0.2, 0.25) is 0 Å². The Morgan fingerprint density at radius 1 is 1.00 bits per heavy atom. The van der Waals surface area contributed by atoms with E-state index in [0.29, 0.717) is 0 Å². The van der Waals surface area contributed by atoms with Crippen molar-refractivity contribution < 1.29 is 24.7 Å². The van der Waals surface area contributed by atoms with Crippen LogP contribution in [0.25, 0.3) is 0 Å². The fourth-order valence-corrected chi connectivity index (χ4v) is 4.78. The molecule has 0 heterocycles. The van der Waals surface area contributed by atoms with Gasteiger partial charge in [-0.3, -0.25) is 19.7 Å². The number of carbonyl (C=O) groups excluding carboxylic acids is 2. The molecule has 1 unspecified atom stereocenters. The number of carbonyl (C=O) groups is 2. The molecule has 1 aromatic rings. The summed E-state index contributed by atoms with van der Waals surface area (Å²) in [6.07, 6.45) is 0.463. The van der Waals surface area contributed by atoms with E-state index in [9.17, 15) is 29.9 Å². The van der Waals surface area contributed by atoms with Crippen molar-refractivity contribution in [2.75, 3.05) is 0 Å². The second-order valence-electron chi connectivity index (χ2n) is 9.98. The number of ketones is 2. The van der Waals surface area contributed by atoms with E-state index in [2.05, 4.69) is 0 Å². The molecule has 0 aliphatic heterocycles. The molecule has 1 N–H and O–H groups in total. The standard InChI is InChI=1S/C23H26ClNO6/c1-22(2)8-15(26)20(16(27)9-22)19(13-7-12(25(30)31)5-6-14(13)24)21-17(28)10-23(3,4)11-18(21)29/h5-7,19,26,28H,8-11H2,1-4H3/p-1. The van der Waals surface area contributed by atoms with Gasteiger partial charge in [0, 0.05) is 47.9 Å². The van der Waals surface area contributed by atoms with E-state index in [0.717, 1.165) is 0 Å². The lowest BCUT2D eigenvalue weighted by atomic mass is 9.67. The molecule has 0 spiro atoms. The molecule has 0 fully saturated rings. The maximum absolute atomic E-state index is 13.1. The molecule has 2 aliphatic rings. The highest BCUT2D eigenvalue weighted by molar-refractivity contribution is 6.31. The largest absolute Gasteiger partial charge is 0.875 e. The van der Waals surface area contributed by atoms with E-state index in [-0.39, 0.29) is 58.9 Å². The molecular weight excluding hydrogens is 422 g/mol. The van der Waals surface area contributed by atoms with E-state index in [1.54, 1.807) is 13.8 Å². The van der Waals surface area contributed by atoms with Crippen LogP contribution in [0.15, 0.2) is 40.9 Å². The van der Waals surface area contributed by atoms with Gasteiger partial charge in [-0.1, -0.05) is 39.3 Å². The molecule has 8 heteroatoms. The van der Waals surface area contributed by atoms with Crippen LogP contribution in [0.4, 0.5) is 5.69 Å². The molecule has 1 aromatic carbocycles. The first-order chi connectivity index (χ1) is 14.2. The Labute approximate surface area is 185 Å². The average Bonchev–Trinajstić information content (AvgIpc) is 2.57. The van der Waals surface area contributed by atoms with Crippen LogP contribution < -0.4 is 5.11 Å². The number of nitro groups is 1. The molecule has 1 atom stereocenters. The summed E-state index contributed by atoms with van der Waals surface area (Å²) in [5.41, 5.74) is -1.43. The van der Waals surface area contributed by atoms with Gasteiger partial charge >= 0.3 is 0 Å². The predicted octanol–water partition coefficient (Wildman–Crippen LogP) is 4.54. The van der Waals surface area contributed by atoms with Crippen molar-refractivity contribution in [2.45, 2.75) is 59.3 Å². The molecule has 166 valence electrons. The number of aliphatic hydroxyl groups is 1. The number of hydrogen-bond donors (Lipinski definition) is 1. The smallest absolute Gasteiger partial charge is 0.269 e. The van der Waals surface area contributed by atoms with Crippen LogP contribution in [0, 0.1) is 20.9 Å². The quantitative estimate of drug-likeness (QED) is 0.535. The number of Topliss-reactive ketones (excluding diaryl/α,β-unsaturated/α-hetero) is 2. The molecule has 0 saturated heterocycles. The van der Waals surface area contributed by atoms with Gasteiger partial charge in [-0.25, -0.2) is 0 Å². The number of non-ortho nitro benzene ring substituents is 1. The zero-order chi connectivity index (χ0) is 23.3. The minimum atomic E-state index is -1.24. The highest BCUT2D eigenvalue weighted by atomic mass is 35.5. The highest BCUT2D eigenvalue weighted by Crippen LogP contribution is 2.49. The van der Waals surface area contributed by atoms with E-state index < -0.39 is 39.0 Å². The van der Waals surface area contributed by atoms with Gasteiger partial charge in [0.1, 0.15) is 5.76 Å². The number of nitro benzene ring substituents is 1. The summed E-state index contributed by atoms with van der Waals surface area (Å²) in [6, 6.07) is 3.69. The number of hydrogen-bond acceptors (Lipinski definition) is 6. The zero-order valence-corrected chi connectivity index (χ0v) is 18.7. The molecule has 0 amide bonds. The summed E-state index contributed by atoms with van der Waals surface area (Å²) in [4.78, 5) is 37.0. The number of nitrogens with zero attached hydrogens (tertiary/aromatic N) is 1. The van der Waals surface area contributed by atoms with Crippen molar-refractivity contribution in [1.82, 2.24) is 0 Å². The lowest BCUT2D eigenvalue weighted by Gasteiger charge is -2.40. The van der Waals surface area contributed by atoms with Gasteiger partial charge in [-0.05, 0) is 34.5 Å². The first-order valence-electron chi connectivity index (χ1n) is 10.0. The minimum Gasteiger partial charge on any atom is -0.875 e. The molecular formula is C23H25ClNO6-. The Morgan fingerprint density at radius 2 is 1.55 bits per heavy atom. The van der Waals surface area contributed by atoms with Gasteiger partial charge in [0.05, 0.1) is 4.92 Å². The Balaban J connectivity index is 2.32. The summed E-state index contributed by atoms with van der Waals surface area (Å²) in [5.74, 6) is -2.74. The Morgan fingerprint density at radius 3 is 2.06 bits per heavy atom. The maximum Gasteiger partial charge on any atom is 0.269 e. The molecule has 0 aromatic heterocycles. The van der Waals surface area contributed by atoms with E-state index in [1.165, 1.54) is 18.2 Å². The molecule has 7 nitrogen and oxygen atoms in total. The first kappa shape index (κ1) is 23.0. The maximum atomic E-state index is 13.1. The van der Waals surface area contributed by atoms with Crippen molar-refractivity contribution in [3.05, 3.63) is 61.6 Å². The Hall–Kier alpha value is -2.67. The summed E-state index contributed by atoms with van der Waals surface area (Å²) in [7, 11) is 0. The van der Waals surface area contributed by atoms with Gasteiger partial charge in [-0.2, -0.15) is 0 Å². The normalized spacial score (nSPS) is 22.0.